The van der Waals surface area contributed by atoms with Gasteiger partial charge in [0, 0.05) is 0 Å². The van der Waals surface area contributed by atoms with Gasteiger partial charge in [-0.2, -0.15) is 0 Å². The first-order valence-corrected chi connectivity index (χ1v) is 10.3. The first-order chi connectivity index (χ1) is 8.26. The third-order valence-electron chi connectivity index (χ3n) is 4.00. The Morgan fingerprint density at radius 2 is 1.59 bits per heavy atom. The summed E-state index contributed by atoms with van der Waals surface area (Å²) in [6.07, 6.45) is 10.8. The summed E-state index contributed by atoms with van der Waals surface area (Å²) in [5.74, 6) is 0. The molecule has 1 fully saturated rings. The van der Waals surface area contributed by atoms with Gasteiger partial charge in [-0.05, 0) is 39.0 Å². The van der Waals surface area contributed by atoms with Crippen molar-refractivity contribution in [3.63, 3.8) is 0 Å². The SMILES string of the molecule is C/C=C\[Si](CCC)(CCC)CN1CCCCC1. The van der Waals surface area contributed by atoms with E-state index < -0.39 is 8.07 Å². The average Bonchev–Trinajstić information content (AvgIpc) is 2.31. The highest BCUT2D eigenvalue weighted by atomic mass is 28.3. The van der Waals surface area contributed by atoms with Gasteiger partial charge in [-0.1, -0.05) is 57.0 Å². The van der Waals surface area contributed by atoms with Gasteiger partial charge in [0.1, 0.15) is 0 Å². The molecule has 0 aromatic heterocycles. The Hall–Kier alpha value is -0.0831. The lowest BCUT2D eigenvalue weighted by atomic mass is 10.1. The maximum Gasteiger partial charge on any atom is 0.0917 e. The summed E-state index contributed by atoms with van der Waals surface area (Å²) in [6.45, 7) is 9.65. The minimum absolute atomic E-state index is 1.14. The number of hydrogen-bond donors (Lipinski definition) is 0. The summed E-state index contributed by atoms with van der Waals surface area (Å²) in [7, 11) is -1.14. The summed E-state index contributed by atoms with van der Waals surface area (Å²) < 4.78 is 0. The second kappa shape index (κ2) is 8.10. The molecule has 1 rings (SSSR count). The van der Waals surface area contributed by atoms with Crippen LogP contribution in [0.2, 0.25) is 12.1 Å². The zero-order chi connectivity index (χ0) is 12.6. The molecule has 1 aliphatic heterocycles. The number of rotatable bonds is 7. The summed E-state index contributed by atoms with van der Waals surface area (Å²) in [6, 6.07) is 2.98. The quantitative estimate of drug-likeness (QED) is 0.608. The third kappa shape index (κ3) is 4.97. The zero-order valence-electron chi connectivity index (χ0n) is 12.2. The fourth-order valence-electron chi connectivity index (χ4n) is 3.41. The number of nitrogens with zero attached hydrogens (tertiary/aromatic N) is 1. The number of allylic oxidation sites excluding steroid dienone is 1. The van der Waals surface area contributed by atoms with Gasteiger partial charge in [0.2, 0.25) is 0 Å². The molecule has 17 heavy (non-hydrogen) atoms. The lowest BCUT2D eigenvalue weighted by Gasteiger charge is -2.36. The third-order valence-corrected chi connectivity index (χ3v) is 9.11. The smallest absolute Gasteiger partial charge is 0.0917 e. The van der Waals surface area contributed by atoms with Crippen molar-refractivity contribution in [2.75, 3.05) is 19.3 Å². The summed E-state index contributed by atoms with van der Waals surface area (Å²) in [4.78, 5) is 2.76. The van der Waals surface area contributed by atoms with E-state index in [0.717, 1.165) is 0 Å². The van der Waals surface area contributed by atoms with Gasteiger partial charge in [-0.3, -0.25) is 0 Å². The van der Waals surface area contributed by atoms with Gasteiger partial charge in [-0.15, -0.1) is 0 Å². The molecule has 0 aliphatic carbocycles. The van der Waals surface area contributed by atoms with Crippen molar-refractivity contribution in [1.82, 2.24) is 4.90 Å². The molecule has 0 spiro atoms. The van der Waals surface area contributed by atoms with Crippen LogP contribution in [-0.2, 0) is 0 Å². The molecule has 100 valence electrons. The van der Waals surface area contributed by atoms with Gasteiger partial charge >= 0.3 is 0 Å². The van der Waals surface area contributed by atoms with E-state index in [2.05, 4.69) is 37.4 Å². The molecular formula is C15H31NSi. The van der Waals surface area contributed by atoms with Gasteiger partial charge in [0.15, 0.2) is 0 Å². The van der Waals surface area contributed by atoms with Crippen LogP contribution in [0.5, 0.6) is 0 Å². The van der Waals surface area contributed by atoms with Gasteiger partial charge in [0.05, 0.1) is 8.07 Å². The second-order valence-electron chi connectivity index (χ2n) is 5.70. The van der Waals surface area contributed by atoms with E-state index in [1.54, 1.807) is 0 Å². The molecule has 0 aromatic rings. The maximum atomic E-state index is 2.76. The van der Waals surface area contributed by atoms with Crippen molar-refractivity contribution in [1.29, 1.82) is 0 Å². The van der Waals surface area contributed by atoms with E-state index in [1.165, 1.54) is 63.4 Å². The van der Waals surface area contributed by atoms with Crippen LogP contribution in [0.15, 0.2) is 11.8 Å². The first-order valence-electron chi connectivity index (χ1n) is 7.62. The Morgan fingerprint density at radius 1 is 1.00 bits per heavy atom. The van der Waals surface area contributed by atoms with Crippen molar-refractivity contribution >= 4 is 8.07 Å². The molecule has 2 heteroatoms. The molecule has 1 nitrogen and oxygen atoms in total. The minimum Gasteiger partial charge on any atom is -0.306 e. The Balaban J connectivity index is 2.64. The summed E-state index contributed by atoms with van der Waals surface area (Å²) in [5.41, 5.74) is 2.63. The van der Waals surface area contributed by atoms with E-state index in [0.29, 0.717) is 0 Å². The molecule has 0 amide bonds. The minimum atomic E-state index is -1.14. The van der Waals surface area contributed by atoms with Gasteiger partial charge in [-0.25, -0.2) is 0 Å². The van der Waals surface area contributed by atoms with E-state index in [9.17, 15) is 0 Å². The highest BCUT2D eigenvalue weighted by Gasteiger charge is 2.30. The van der Waals surface area contributed by atoms with Gasteiger partial charge in [0.25, 0.3) is 0 Å². The Morgan fingerprint density at radius 3 is 2.06 bits per heavy atom. The lowest BCUT2D eigenvalue weighted by molar-refractivity contribution is 0.258. The topological polar surface area (TPSA) is 3.24 Å². The molecule has 0 N–H and O–H groups in total. The van der Waals surface area contributed by atoms with E-state index >= 15 is 0 Å². The number of piperidine rings is 1. The molecule has 1 heterocycles. The van der Waals surface area contributed by atoms with Crippen LogP contribution in [0.1, 0.15) is 52.9 Å². The van der Waals surface area contributed by atoms with Crippen molar-refractivity contribution < 1.29 is 0 Å². The zero-order valence-corrected chi connectivity index (χ0v) is 13.2. The maximum absolute atomic E-state index is 2.76. The average molecular weight is 254 g/mol. The molecule has 0 aromatic carbocycles. The lowest BCUT2D eigenvalue weighted by Crippen LogP contribution is -2.47. The molecule has 1 saturated heterocycles. The second-order valence-corrected chi connectivity index (χ2v) is 10.1. The number of likely N-dealkylation sites (tertiary alicyclic amines) is 1. The Labute approximate surface area is 109 Å². The van der Waals surface area contributed by atoms with E-state index in [-0.39, 0.29) is 0 Å². The van der Waals surface area contributed by atoms with Crippen molar-refractivity contribution in [2.24, 2.45) is 0 Å². The molecule has 0 saturated carbocycles. The van der Waals surface area contributed by atoms with Crippen LogP contribution >= 0.6 is 0 Å². The standard InChI is InChI=1S/C15H31NSi/c1-4-12-17(13-5-2,14-6-3)15-16-10-8-7-9-11-16/h4,12H,5-11,13-15H2,1-3H3/b12-4-. The van der Waals surface area contributed by atoms with Gasteiger partial charge < -0.3 is 4.90 Å². The Bertz CT molecular complexity index is 213. The van der Waals surface area contributed by atoms with Crippen LogP contribution < -0.4 is 0 Å². The van der Waals surface area contributed by atoms with Crippen LogP contribution in [0.3, 0.4) is 0 Å². The molecule has 1 aliphatic rings. The Kier molecular flexibility index (Phi) is 7.13. The summed E-state index contributed by atoms with van der Waals surface area (Å²) in [5, 5.41) is 0. The van der Waals surface area contributed by atoms with Crippen LogP contribution in [0.4, 0.5) is 0 Å². The normalized spacial score (nSPS) is 19.0. The molecule has 0 bridgehead atoms. The number of hydrogen-bond acceptors (Lipinski definition) is 1. The van der Waals surface area contributed by atoms with E-state index in [1.807, 2.05) is 0 Å². The van der Waals surface area contributed by atoms with Crippen LogP contribution in [-0.4, -0.2) is 32.2 Å². The fourth-order valence-corrected chi connectivity index (χ4v) is 8.33. The monoisotopic (exact) mass is 253 g/mol. The highest BCUT2D eigenvalue weighted by molar-refractivity contribution is 6.84. The van der Waals surface area contributed by atoms with E-state index in [4.69, 9.17) is 0 Å². The largest absolute Gasteiger partial charge is 0.306 e. The molecule has 0 atom stereocenters. The van der Waals surface area contributed by atoms with Crippen molar-refractivity contribution in [3.05, 3.63) is 11.8 Å². The predicted octanol–water partition coefficient (Wildman–Crippen LogP) is 4.40. The molecule has 0 unspecified atom stereocenters. The van der Waals surface area contributed by atoms with Crippen molar-refractivity contribution in [2.45, 2.75) is 65.0 Å². The fraction of sp³-hybridized carbons (Fsp3) is 0.867. The van der Waals surface area contributed by atoms with Crippen LogP contribution in [0.25, 0.3) is 0 Å². The molecule has 0 radical (unpaired) electrons. The van der Waals surface area contributed by atoms with Crippen molar-refractivity contribution in [3.8, 4) is 0 Å². The molecular weight excluding hydrogens is 222 g/mol. The summed E-state index contributed by atoms with van der Waals surface area (Å²) >= 11 is 0. The van der Waals surface area contributed by atoms with Crippen LogP contribution in [0, 0.1) is 0 Å². The highest BCUT2D eigenvalue weighted by Crippen LogP contribution is 2.24. The first kappa shape index (κ1) is 15.0. The predicted molar refractivity (Wildman–Crippen MR) is 81.1 cm³/mol.